The largest absolute Gasteiger partial charge is 0.309 e. The SMILES string of the molecule is c1ccc(-c2ccccc2-c2cccc(-n3c4ccccc4c4cc(-c5ccc6c(c5)c5ccccc5n6-c5ccc6ccccc6c5)ccc43)c2)cc1. The van der Waals surface area contributed by atoms with Crippen molar-refractivity contribution in [2.45, 2.75) is 0 Å². The molecule has 252 valence electrons. The minimum atomic E-state index is 1.15. The lowest BCUT2D eigenvalue weighted by atomic mass is 9.94. The average molecular weight is 687 g/mol. The number of nitrogens with zero attached hydrogens (tertiary/aromatic N) is 2. The van der Waals surface area contributed by atoms with Gasteiger partial charge >= 0.3 is 0 Å². The highest BCUT2D eigenvalue weighted by molar-refractivity contribution is 6.13. The van der Waals surface area contributed by atoms with Crippen LogP contribution in [-0.4, -0.2) is 9.13 Å². The van der Waals surface area contributed by atoms with E-state index in [1.807, 2.05) is 0 Å². The molecule has 11 rings (SSSR count). The molecule has 2 heterocycles. The second-order valence-corrected chi connectivity index (χ2v) is 14.2. The van der Waals surface area contributed by atoms with E-state index in [1.54, 1.807) is 0 Å². The van der Waals surface area contributed by atoms with Crippen LogP contribution in [0.1, 0.15) is 0 Å². The Balaban J connectivity index is 1.05. The molecule has 0 aliphatic heterocycles. The Morgan fingerprint density at radius 1 is 0.241 bits per heavy atom. The molecule has 2 heteroatoms. The summed E-state index contributed by atoms with van der Waals surface area (Å²) in [5, 5.41) is 7.51. The minimum absolute atomic E-state index is 1.15. The lowest BCUT2D eigenvalue weighted by molar-refractivity contribution is 1.18. The molecular formula is C52H34N2. The zero-order chi connectivity index (χ0) is 35.6. The van der Waals surface area contributed by atoms with Crippen molar-refractivity contribution in [2.24, 2.45) is 0 Å². The molecule has 0 aliphatic carbocycles. The predicted octanol–water partition coefficient (Wildman–Crippen LogP) is 14.0. The minimum Gasteiger partial charge on any atom is -0.309 e. The summed E-state index contributed by atoms with van der Waals surface area (Å²) in [7, 11) is 0. The maximum atomic E-state index is 2.42. The van der Waals surface area contributed by atoms with Gasteiger partial charge in [0.05, 0.1) is 22.1 Å². The van der Waals surface area contributed by atoms with Crippen LogP contribution in [0.3, 0.4) is 0 Å². The van der Waals surface area contributed by atoms with Gasteiger partial charge in [-0.15, -0.1) is 0 Å². The first-order chi connectivity index (χ1) is 26.8. The van der Waals surface area contributed by atoms with Gasteiger partial charge in [0.15, 0.2) is 0 Å². The Morgan fingerprint density at radius 2 is 0.741 bits per heavy atom. The number of para-hydroxylation sites is 2. The van der Waals surface area contributed by atoms with E-state index in [0.717, 1.165) is 5.69 Å². The van der Waals surface area contributed by atoms with Crippen LogP contribution in [0.5, 0.6) is 0 Å². The first-order valence-electron chi connectivity index (χ1n) is 18.6. The second kappa shape index (κ2) is 12.2. The maximum Gasteiger partial charge on any atom is 0.0541 e. The number of benzene rings is 9. The molecule has 0 amide bonds. The molecule has 0 bridgehead atoms. The Labute approximate surface area is 313 Å². The highest BCUT2D eigenvalue weighted by Gasteiger charge is 2.17. The molecule has 9 aromatic carbocycles. The maximum absolute atomic E-state index is 2.42. The van der Waals surface area contributed by atoms with Crippen molar-refractivity contribution in [1.29, 1.82) is 0 Å². The van der Waals surface area contributed by atoms with Crippen LogP contribution in [0.4, 0.5) is 0 Å². The monoisotopic (exact) mass is 686 g/mol. The molecule has 2 aromatic heterocycles. The van der Waals surface area contributed by atoms with Gasteiger partial charge in [-0.05, 0) is 105 Å². The first kappa shape index (κ1) is 30.5. The normalized spacial score (nSPS) is 11.7. The van der Waals surface area contributed by atoms with Crippen molar-refractivity contribution in [3.63, 3.8) is 0 Å². The lowest BCUT2D eigenvalue weighted by Crippen LogP contribution is -1.95. The van der Waals surface area contributed by atoms with Gasteiger partial charge in [0, 0.05) is 32.9 Å². The number of fused-ring (bicyclic) bond motifs is 7. The number of hydrogen-bond donors (Lipinski definition) is 0. The van der Waals surface area contributed by atoms with E-state index in [0.29, 0.717) is 0 Å². The van der Waals surface area contributed by atoms with Gasteiger partial charge in [-0.2, -0.15) is 0 Å². The summed E-state index contributed by atoms with van der Waals surface area (Å²) >= 11 is 0. The molecule has 0 saturated heterocycles. The van der Waals surface area contributed by atoms with Gasteiger partial charge in [0.1, 0.15) is 0 Å². The number of rotatable bonds is 5. The molecule has 0 fully saturated rings. The van der Waals surface area contributed by atoms with Crippen LogP contribution in [-0.2, 0) is 0 Å². The van der Waals surface area contributed by atoms with Crippen molar-refractivity contribution in [3.8, 4) is 44.8 Å². The molecule has 54 heavy (non-hydrogen) atoms. The summed E-state index contributed by atoms with van der Waals surface area (Å²) in [6, 6.07) is 75.2. The third kappa shape index (κ3) is 4.81. The second-order valence-electron chi connectivity index (χ2n) is 14.2. The summed E-state index contributed by atoms with van der Waals surface area (Å²) < 4.78 is 4.83. The van der Waals surface area contributed by atoms with E-state index in [4.69, 9.17) is 0 Å². The lowest BCUT2D eigenvalue weighted by Gasteiger charge is -2.13. The Morgan fingerprint density at radius 3 is 1.41 bits per heavy atom. The molecule has 0 N–H and O–H groups in total. The van der Waals surface area contributed by atoms with Crippen LogP contribution >= 0.6 is 0 Å². The average Bonchev–Trinajstić information content (AvgIpc) is 3.76. The van der Waals surface area contributed by atoms with Crippen LogP contribution in [0.25, 0.3) is 99.1 Å². The molecule has 0 unspecified atom stereocenters. The molecule has 0 aliphatic rings. The third-order valence-corrected chi connectivity index (χ3v) is 11.1. The van der Waals surface area contributed by atoms with E-state index >= 15 is 0 Å². The van der Waals surface area contributed by atoms with Crippen molar-refractivity contribution in [2.75, 3.05) is 0 Å². The quantitative estimate of drug-likeness (QED) is 0.171. The third-order valence-electron chi connectivity index (χ3n) is 11.1. The Kier molecular flexibility index (Phi) is 6.90. The van der Waals surface area contributed by atoms with Gasteiger partial charge in [-0.1, -0.05) is 146 Å². The summed E-state index contributed by atoms with van der Waals surface area (Å²) in [4.78, 5) is 0. The fourth-order valence-electron chi connectivity index (χ4n) is 8.59. The predicted molar refractivity (Wildman–Crippen MR) is 229 cm³/mol. The topological polar surface area (TPSA) is 9.86 Å². The fraction of sp³-hybridized carbons (Fsp3) is 0. The summed E-state index contributed by atoms with van der Waals surface area (Å²) in [6.07, 6.45) is 0. The summed E-state index contributed by atoms with van der Waals surface area (Å²) in [5.41, 5.74) is 14.5. The van der Waals surface area contributed by atoms with Crippen molar-refractivity contribution in [3.05, 3.63) is 206 Å². The van der Waals surface area contributed by atoms with Gasteiger partial charge in [0.25, 0.3) is 0 Å². The first-order valence-corrected chi connectivity index (χ1v) is 18.6. The van der Waals surface area contributed by atoms with Crippen LogP contribution in [0.15, 0.2) is 206 Å². The Bertz CT molecular complexity index is 3220. The van der Waals surface area contributed by atoms with Crippen molar-refractivity contribution >= 4 is 54.4 Å². The van der Waals surface area contributed by atoms with E-state index in [2.05, 4.69) is 215 Å². The fourth-order valence-corrected chi connectivity index (χ4v) is 8.59. The zero-order valence-electron chi connectivity index (χ0n) is 29.5. The molecule has 0 radical (unpaired) electrons. The smallest absolute Gasteiger partial charge is 0.0541 e. The summed E-state index contributed by atoms with van der Waals surface area (Å²) in [6.45, 7) is 0. The Hall–Kier alpha value is -7.16. The van der Waals surface area contributed by atoms with Crippen LogP contribution in [0.2, 0.25) is 0 Å². The van der Waals surface area contributed by atoms with E-state index in [9.17, 15) is 0 Å². The van der Waals surface area contributed by atoms with Crippen molar-refractivity contribution < 1.29 is 0 Å². The molecule has 2 nitrogen and oxygen atoms in total. The molecule has 0 atom stereocenters. The highest BCUT2D eigenvalue weighted by atomic mass is 15.0. The standard InChI is InChI=1S/C52H34N2/c1-2-14-36(15-3-1)43-19-6-7-20-44(43)40-17-12-18-41(32-40)53-49-23-10-8-21-45(49)47-33-38(26-29-51(47)53)39-27-30-52-48(34-39)46-22-9-11-24-50(46)54(52)42-28-25-35-13-4-5-16-37(35)31-42/h1-34H. The van der Waals surface area contributed by atoms with Gasteiger partial charge in [-0.25, -0.2) is 0 Å². The highest BCUT2D eigenvalue weighted by Crippen LogP contribution is 2.40. The molecule has 0 saturated carbocycles. The molecule has 0 spiro atoms. The van der Waals surface area contributed by atoms with Crippen LogP contribution < -0.4 is 0 Å². The zero-order valence-corrected chi connectivity index (χ0v) is 29.5. The molecule has 11 aromatic rings. The van der Waals surface area contributed by atoms with Gasteiger partial charge < -0.3 is 9.13 Å². The van der Waals surface area contributed by atoms with Crippen LogP contribution in [0, 0.1) is 0 Å². The van der Waals surface area contributed by atoms with Gasteiger partial charge in [0.2, 0.25) is 0 Å². The molecular weight excluding hydrogens is 653 g/mol. The van der Waals surface area contributed by atoms with Crippen molar-refractivity contribution in [1.82, 2.24) is 9.13 Å². The number of hydrogen-bond acceptors (Lipinski definition) is 0. The van der Waals surface area contributed by atoms with E-state index in [-0.39, 0.29) is 0 Å². The number of aromatic nitrogens is 2. The van der Waals surface area contributed by atoms with E-state index in [1.165, 1.54) is 93.5 Å². The van der Waals surface area contributed by atoms with E-state index < -0.39 is 0 Å². The van der Waals surface area contributed by atoms with Gasteiger partial charge in [-0.3, -0.25) is 0 Å². The summed E-state index contributed by atoms with van der Waals surface area (Å²) in [5.74, 6) is 0.